The van der Waals surface area contributed by atoms with Gasteiger partial charge in [0.15, 0.2) is 0 Å². The van der Waals surface area contributed by atoms with Crippen LogP contribution in [0.15, 0.2) is 22.8 Å². The number of furan rings is 1. The molecule has 0 aromatic carbocycles. The molecule has 0 bridgehead atoms. The van der Waals surface area contributed by atoms with Crippen molar-refractivity contribution in [2.45, 2.75) is 32.8 Å². The molecule has 1 heterocycles. The van der Waals surface area contributed by atoms with Gasteiger partial charge in [-0.15, -0.1) is 0 Å². The molecule has 1 aromatic rings. The quantitative estimate of drug-likeness (QED) is 0.637. The Morgan fingerprint density at radius 1 is 1.33 bits per heavy atom. The van der Waals surface area contributed by atoms with Gasteiger partial charge in [0, 0.05) is 6.61 Å². The molecule has 15 heavy (non-hydrogen) atoms. The zero-order valence-electron chi connectivity index (χ0n) is 9.50. The highest BCUT2D eigenvalue weighted by atomic mass is 16.5. The fourth-order valence-corrected chi connectivity index (χ4v) is 1.32. The van der Waals surface area contributed by atoms with Gasteiger partial charge in [0.1, 0.15) is 12.4 Å². The van der Waals surface area contributed by atoms with E-state index in [1.54, 1.807) is 6.26 Å². The van der Waals surface area contributed by atoms with Gasteiger partial charge in [0.05, 0.1) is 6.26 Å². The first-order valence-corrected chi connectivity index (χ1v) is 5.74. The first-order chi connectivity index (χ1) is 7.43. The van der Waals surface area contributed by atoms with Crippen molar-refractivity contribution in [3.63, 3.8) is 0 Å². The molecule has 0 unspecified atom stereocenters. The molecule has 1 rings (SSSR count). The van der Waals surface area contributed by atoms with Crippen LogP contribution in [0.25, 0.3) is 0 Å². The van der Waals surface area contributed by atoms with Crippen LogP contribution in [-0.2, 0) is 11.3 Å². The van der Waals surface area contributed by atoms with Crippen LogP contribution < -0.4 is 5.32 Å². The fraction of sp³-hybridized carbons (Fsp3) is 0.667. The summed E-state index contributed by atoms with van der Waals surface area (Å²) < 4.78 is 10.6. The molecule has 0 spiro atoms. The summed E-state index contributed by atoms with van der Waals surface area (Å²) >= 11 is 0. The molecule has 0 fully saturated rings. The standard InChI is InChI=1S/C12H21NO2/c1-2-7-13-8-3-4-9-14-11-12-6-5-10-15-12/h5-6,10,13H,2-4,7-9,11H2,1H3. The Balaban J connectivity index is 1.81. The van der Waals surface area contributed by atoms with Crippen molar-refractivity contribution in [1.82, 2.24) is 5.32 Å². The topological polar surface area (TPSA) is 34.4 Å². The maximum Gasteiger partial charge on any atom is 0.129 e. The van der Waals surface area contributed by atoms with Crippen LogP contribution in [0.2, 0.25) is 0 Å². The molecule has 0 saturated heterocycles. The Morgan fingerprint density at radius 2 is 2.27 bits per heavy atom. The summed E-state index contributed by atoms with van der Waals surface area (Å²) in [6, 6.07) is 3.82. The minimum absolute atomic E-state index is 0.593. The van der Waals surface area contributed by atoms with Crippen molar-refractivity contribution >= 4 is 0 Å². The van der Waals surface area contributed by atoms with Crippen molar-refractivity contribution in [1.29, 1.82) is 0 Å². The van der Waals surface area contributed by atoms with E-state index in [1.165, 1.54) is 12.8 Å². The molecular formula is C12H21NO2. The monoisotopic (exact) mass is 211 g/mol. The molecular weight excluding hydrogens is 190 g/mol. The molecule has 0 radical (unpaired) electrons. The van der Waals surface area contributed by atoms with Crippen LogP contribution >= 0.6 is 0 Å². The van der Waals surface area contributed by atoms with Gasteiger partial charge in [0.25, 0.3) is 0 Å². The highest BCUT2D eigenvalue weighted by Gasteiger charge is 1.94. The van der Waals surface area contributed by atoms with Crippen molar-refractivity contribution in [3.05, 3.63) is 24.2 Å². The van der Waals surface area contributed by atoms with Gasteiger partial charge >= 0.3 is 0 Å². The van der Waals surface area contributed by atoms with Gasteiger partial charge in [-0.25, -0.2) is 0 Å². The lowest BCUT2D eigenvalue weighted by Gasteiger charge is -2.03. The van der Waals surface area contributed by atoms with Gasteiger partial charge in [0.2, 0.25) is 0 Å². The van der Waals surface area contributed by atoms with E-state index in [2.05, 4.69) is 12.2 Å². The average molecular weight is 211 g/mol. The Hall–Kier alpha value is -0.800. The minimum Gasteiger partial charge on any atom is -0.467 e. The van der Waals surface area contributed by atoms with Crippen LogP contribution in [0, 0.1) is 0 Å². The Bertz CT molecular complexity index is 222. The lowest BCUT2D eigenvalue weighted by molar-refractivity contribution is 0.103. The molecule has 3 heteroatoms. The smallest absolute Gasteiger partial charge is 0.129 e. The van der Waals surface area contributed by atoms with Crippen molar-refractivity contribution in [2.75, 3.05) is 19.7 Å². The summed E-state index contributed by atoms with van der Waals surface area (Å²) in [5, 5.41) is 3.37. The second-order valence-electron chi connectivity index (χ2n) is 3.59. The van der Waals surface area contributed by atoms with E-state index in [4.69, 9.17) is 9.15 Å². The van der Waals surface area contributed by atoms with Crippen molar-refractivity contribution in [2.24, 2.45) is 0 Å². The zero-order valence-corrected chi connectivity index (χ0v) is 9.50. The second-order valence-corrected chi connectivity index (χ2v) is 3.59. The van der Waals surface area contributed by atoms with Gasteiger partial charge in [-0.1, -0.05) is 6.92 Å². The number of hydrogen-bond donors (Lipinski definition) is 1. The van der Waals surface area contributed by atoms with Crippen molar-refractivity contribution in [3.8, 4) is 0 Å². The summed E-state index contributed by atoms with van der Waals surface area (Å²) in [5.41, 5.74) is 0. The molecule has 0 aliphatic carbocycles. The van der Waals surface area contributed by atoms with Crippen LogP contribution in [0.3, 0.4) is 0 Å². The third-order valence-corrected chi connectivity index (χ3v) is 2.14. The van der Waals surface area contributed by atoms with E-state index in [-0.39, 0.29) is 0 Å². The van der Waals surface area contributed by atoms with E-state index in [0.717, 1.165) is 31.9 Å². The number of hydrogen-bond acceptors (Lipinski definition) is 3. The number of nitrogens with one attached hydrogen (secondary N) is 1. The largest absolute Gasteiger partial charge is 0.467 e. The Morgan fingerprint density at radius 3 is 3.00 bits per heavy atom. The third-order valence-electron chi connectivity index (χ3n) is 2.14. The van der Waals surface area contributed by atoms with E-state index in [0.29, 0.717) is 6.61 Å². The lowest BCUT2D eigenvalue weighted by Crippen LogP contribution is -2.16. The molecule has 0 saturated carbocycles. The van der Waals surface area contributed by atoms with Crippen LogP contribution in [-0.4, -0.2) is 19.7 Å². The van der Waals surface area contributed by atoms with Crippen LogP contribution in [0.5, 0.6) is 0 Å². The zero-order chi connectivity index (χ0) is 10.8. The number of rotatable bonds is 9. The van der Waals surface area contributed by atoms with Gasteiger partial charge < -0.3 is 14.5 Å². The maximum absolute atomic E-state index is 5.46. The molecule has 1 N–H and O–H groups in total. The lowest BCUT2D eigenvalue weighted by atomic mass is 10.3. The normalized spacial score (nSPS) is 10.7. The predicted octanol–water partition coefficient (Wildman–Crippen LogP) is 2.58. The van der Waals surface area contributed by atoms with Gasteiger partial charge in [-0.05, 0) is 44.5 Å². The van der Waals surface area contributed by atoms with Crippen molar-refractivity contribution < 1.29 is 9.15 Å². The van der Waals surface area contributed by atoms with Gasteiger partial charge in [-0.2, -0.15) is 0 Å². The Kier molecular flexibility index (Phi) is 6.96. The summed E-state index contributed by atoms with van der Waals surface area (Å²) in [4.78, 5) is 0. The summed E-state index contributed by atoms with van der Waals surface area (Å²) in [7, 11) is 0. The predicted molar refractivity (Wildman–Crippen MR) is 60.8 cm³/mol. The second kappa shape index (κ2) is 8.50. The number of ether oxygens (including phenoxy) is 1. The van der Waals surface area contributed by atoms with Crippen LogP contribution in [0.1, 0.15) is 31.9 Å². The fourth-order valence-electron chi connectivity index (χ4n) is 1.32. The van der Waals surface area contributed by atoms with E-state index in [9.17, 15) is 0 Å². The summed E-state index contributed by atoms with van der Waals surface area (Å²) in [6.45, 7) is 5.80. The van der Waals surface area contributed by atoms with E-state index >= 15 is 0 Å². The van der Waals surface area contributed by atoms with E-state index in [1.807, 2.05) is 12.1 Å². The molecule has 0 atom stereocenters. The third kappa shape index (κ3) is 6.31. The van der Waals surface area contributed by atoms with Crippen LogP contribution in [0.4, 0.5) is 0 Å². The summed E-state index contributed by atoms with van der Waals surface area (Å²) in [6.07, 6.45) is 5.16. The minimum atomic E-state index is 0.593. The average Bonchev–Trinajstić information content (AvgIpc) is 2.75. The summed E-state index contributed by atoms with van der Waals surface area (Å²) in [5.74, 6) is 0.902. The molecule has 1 aromatic heterocycles. The molecule has 86 valence electrons. The molecule has 0 amide bonds. The molecule has 0 aliphatic rings. The first kappa shape index (κ1) is 12.3. The highest BCUT2D eigenvalue weighted by Crippen LogP contribution is 2.02. The number of unbranched alkanes of at least 4 members (excludes halogenated alkanes) is 1. The van der Waals surface area contributed by atoms with Gasteiger partial charge in [-0.3, -0.25) is 0 Å². The Labute approximate surface area is 91.8 Å². The first-order valence-electron chi connectivity index (χ1n) is 5.74. The van der Waals surface area contributed by atoms with E-state index < -0.39 is 0 Å². The molecule has 3 nitrogen and oxygen atoms in total. The molecule has 0 aliphatic heterocycles. The highest BCUT2D eigenvalue weighted by molar-refractivity contribution is 4.95. The SMILES string of the molecule is CCCNCCCCOCc1ccco1. The maximum atomic E-state index is 5.46.